The summed E-state index contributed by atoms with van der Waals surface area (Å²) in [4.78, 5) is 20.9. The van der Waals surface area contributed by atoms with Gasteiger partial charge in [-0.1, -0.05) is 0 Å². The van der Waals surface area contributed by atoms with Crippen molar-refractivity contribution in [3.8, 4) is 0 Å². The van der Waals surface area contributed by atoms with Gasteiger partial charge >= 0.3 is 5.97 Å². The van der Waals surface area contributed by atoms with E-state index in [4.69, 9.17) is 5.11 Å². The molecule has 2 N–H and O–H groups in total. The second-order valence-corrected chi connectivity index (χ2v) is 3.71. The van der Waals surface area contributed by atoms with Gasteiger partial charge in [0.15, 0.2) is 0 Å². The Kier molecular flexibility index (Phi) is 3.43. The summed E-state index contributed by atoms with van der Waals surface area (Å²) in [6, 6.07) is 0. The highest BCUT2D eigenvalue weighted by molar-refractivity contribution is 5.88. The van der Waals surface area contributed by atoms with Crippen molar-refractivity contribution < 1.29 is 9.90 Å². The Morgan fingerprint density at radius 2 is 2.25 bits per heavy atom. The number of rotatable bonds is 3. The fourth-order valence-electron chi connectivity index (χ4n) is 1.74. The first kappa shape index (κ1) is 11.0. The minimum Gasteiger partial charge on any atom is -0.478 e. The summed E-state index contributed by atoms with van der Waals surface area (Å²) in [5.74, 6) is -0.967. The molecule has 0 spiro atoms. The van der Waals surface area contributed by atoms with Crippen LogP contribution in [0.3, 0.4) is 0 Å². The van der Waals surface area contributed by atoms with Crippen LogP contribution in [0.25, 0.3) is 0 Å². The van der Waals surface area contributed by atoms with Gasteiger partial charge in [0, 0.05) is 38.9 Å². The first-order valence-corrected chi connectivity index (χ1v) is 5.22. The number of carboxylic acid groups (broad SMARTS) is 1. The summed E-state index contributed by atoms with van der Waals surface area (Å²) in [6.45, 7) is 4.29. The summed E-state index contributed by atoms with van der Waals surface area (Å²) >= 11 is 0. The van der Waals surface area contributed by atoms with Gasteiger partial charge in [-0.05, 0) is 0 Å². The Bertz CT molecular complexity index is 377. The Hall–Kier alpha value is -1.53. The maximum Gasteiger partial charge on any atom is 0.339 e. The van der Waals surface area contributed by atoms with Crippen LogP contribution in [-0.2, 0) is 6.54 Å². The standard InChI is InChI=1S/C10H14N4O2/c15-10(16)8-5-12-7-13-9(8)6-14-3-1-11-2-4-14/h5,7,11H,1-4,6H2,(H,15,16). The number of nitrogens with one attached hydrogen (secondary N) is 1. The van der Waals surface area contributed by atoms with Crippen molar-refractivity contribution in [3.05, 3.63) is 23.8 Å². The van der Waals surface area contributed by atoms with Gasteiger partial charge < -0.3 is 10.4 Å². The van der Waals surface area contributed by atoms with Crippen molar-refractivity contribution in [1.29, 1.82) is 0 Å². The zero-order valence-corrected chi connectivity index (χ0v) is 8.89. The largest absolute Gasteiger partial charge is 0.478 e. The van der Waals surface area contributed by atoms with Gasteiger partial charge in [-0.3, -0.25) is 4.90 Å². The number of hydrogen-bond donors (Lipinski definition) is 2. The van der Waals surface area contributed by atoms with Crippen molar-refractivity contribution in [1.82, 2.24) is 20.2 Å². The van der Waals surface area contributed by atoms with E-state index in [2.05, 4.69) is 20.2 Å². The molecule has 0 atom stereocenters. The minimum atomic E-state index is -0.967. The molecule has 16 heavy (non-hydrogen) atoms. The van der Waals surface area contributed by atoms with Crippen molar-refractivity contribution in [3.63, 3.8) is 0 Å². The normalized spacial score (nSPS) is 17.2. The highest BCUT2D eigenvalue weighted by Crippen LogP contribution is 2.08. The molecule has 0 aromatic carbocycles. The van der Waals surface area contributed by atoms with Gasteiger partial charge in [0.2, 0.25) is 0 Å². The second-order valence-electron chi connectivity index (χ2n) is 3.71. The molecular weight excluding hydrogens is 208 g/mol. The van der Waals surface area contributed by atoms with E-state index >= 15 is 0 Å². The third kappa shape index (κ3) is 2.53. The molecule has 1 fully saturated rings. The van der Waals surface area contributed by atoms with Gasteiger partial charge in [0.25, 0.3) is 0 Å². The van der Waals surface area contributed by atoms with E-state index in [0.29, 0.717) is 12.2 Å². The van der Waals surface area contributed by atoms with Crippen LogP contribution in [0.2, 0.25) is 0 Å². The third-order valence-electron chi connectivity index (χ3n) is 2.61. The maximum absolute atomic E-state index is 11.0. The van der Waals surface area contributed by atoms with E-state index in [-0.39, 0.29) is 5.56 Å². The molecule has 2 heterocycles. The van der Waals surface area contributed by atoms with E-state index in [1.807, 2.05) is 0 Å². The smallest absolute Gasteiger partial charge is 0.339 e. The zero-order chi connectivity index (χ0) is 11.4. The van der Waals surface area contributed by atoms with E-state index in [9.17, 15) is 4.79 Å². The lowest BCUT2D eigenvalue weighted by atomic mass is 10.2. The monoisotopic (exact) mass is 222 g/mol. The second kappa shape index (κ2) is 5.00. The molecule has 1 aliphatic heterocycles. The van der Waals surface area contributed by atoms with Crippen LogP contribution >= 0.6 is 0 Å². The third-order valence-corrected chi connectivity index (χ3v) is 2.61. The van der Waals surface area contributed by atoms with Crippen LogP contribution in [0.15, 0.2) is 12.5 Å². The fourth-order valence-corrected chi connectivity index (χ4v) is 1.74. The molecule has 0 unspecified atom stereocenters. The van der Waals surface area contributed by atoms with Gasteiger partial charge in [-0.15, -0.1) is 0 Å². The van der Waals surface area contributed by atoms with E-state index in [1.54, 1.807) is 0 Å². The molecule has 2 rings (SSSR count). The molecule has 0 amide bonds. The first-order valence-electron chi connectivity index (χ1n) is 5.22. The van der Waals surface area contributed by atoms with Gasteiger partial charge in [-0.2, -0.15) is 0 Å². The first-order chi connectivity index (χ1) is 7.77. The van der Waals surface area contributed by atoms with Crippen molar-refractivity contribution in [2.45, 2.75) is 6.54 Å². The fraction of sp³-hybridized carbons (Fsp3) is 0.500. The molecule has 0 bridgehead atoms. The highest BCUT2D eigenvalue weighted by atomic mass is 16.4. The van der Waals surface area contributed by atoms with Crippen molar-refractivity contribution in [2.75, 3.05) is 26.2 Å². The quantitative estimate of drug-likeness (QED) is 0.723. The maximum atomic E-state index is 11.0. The van der Waals surface area contributed by atoms with E-state index < -0.39 is 5.97 Å². The molecule has 0 aliphatic carbocycles. The number of carbonyl (C=O) groups is 1. The van der Waals surface area contributed by atoms with Crippen LogP contribution in [0.1, 0.15) is 16.1 Å². The molecule has 86 valence electrons. The Morgan fingerprint density at radius 1 is 1.50 bits per heavy atom. The molecule has 1 aliphatic rings. The summed E-state index contributed by atoms with van der Waals surface area (Å²) < 4.78 is 0. The summed E-state index contributed by atoms with van der Waals surface area (Å²) in [6.07, 6.45) is 2.75. The van der Waals surface area contributed by atoms with Crippen LogP contribution in [-0.4, -0.2) is 52.1 Å². The molecule has 1 aromatic heterocycles. The summed E-state index contributed by atoms with van der Waals surface area (Å²) in [7, 11) is 0. The lowest BCUT2D eigenvalue weighted by molar-refractivity contribution is 0.0693. The molecule has 6 heteroatoms. The molecule has 1 saturated heterocycles. The summed E-state index contributed by atoms with van der Waals surface area (Å²) in [5.41, 5.74) is 0.783. The minimum absolute atomic E-state index is 0.195. The lowest BCUT2D eigenvalue weighted by Crippen LogP contribution is -2.43. The van der Waals surface area contributed by atoms with Crippen molar-refractivity contribution >= 4 is 5.97 Å². The molecule has 6 nitrogen and oxygen atoms in total. The number of aromatic nitrogens is 2. The number of piperazine rings is 1. The average molecular weight is 222 g/mol. The van der Waals surface area contributed by atoms with Crippen LogP contribution in [0, 0.1) is 0 Å². The number of carboxylic acids is 1. The van der Waals surface area contributed by atoms with Crippen LogP contribution in [0.4, 0.5) is 0 Å². The SMILES string of the molecule is O=C(O)c1cncnc1CN1CCNCC1. The molecular formula is C10H14N4O2. The van der Waals surface area contributed by atoms with E-state index in [0.717, 1.165) is 26.2 Å². The van der Waals surface area contributed by atoms with Crippen LogP contribution in [0.5, 0.6) is 0 Å². The molecule has 1 aromatic rings. The van der Waals surface area contributed by atoms with Crippen LogP contribution < -0.4 is 5.32 Å². The zero-order valence-electron chi connectivity index (χ0n) is 8.89. The van der Waals surface area contributed by atoms with Gasteiger partial charge in [0.05, 0.1) is 5.69 Å². The molecule has 0 saturated carbocycles. The van der Waals surface area contributed by atoms with Crippen molar-refractivity contribution in [2.24, 2.45) is 0 Å². The predicted octanol–water partition coefficient (Wildman–Crippen LogP) is -0.420. The lowest BCUT2D eigenvalue weighted by Gasteiger charge is -2.26. The Morgan fingerprint density at radius 3 is 2.94 bits per heavy atom. The number of nitrogens with zero attached hydrogens (tertiary/aromatic N) is 3. The van der Waals surface area contributed by atoms with Gasteiger partial charge in [0.1, 0.15) is 11.9 Å². The number of aromatic carboxylic acids is 1. The van der Waals surface area contributed by atoms with Gasteiger partial charge in [-0.25, -0.2) is 14.8 Å². The predicted molar refractivity (Wildman–Crippen MR) is 57.1 cm³/mol. The Labute approximate surface area is 93.3 Å². The highest BCUT2D eigenvalue weighted by Gasteiger charge is 2.16. The topological polar surface area (TPSA) is 78.3 Å². The Balaban J connectivity index is 2.10. The average Bonchev–Trinajstić information content (AvgIpc) is 2.31. The summed E-state index contributed by atoms with van der Waals surface area (Å²) in [5, 5.41) is 12.2. The molecule has 0 radical (unpaired) electrons. The number of hydrogen-bond acceptors (Lipinski definition) is 5. The van der Waals surface area contributed by atoms with E-state index in [1.165, 1.54) is 12.5 Å².